The smallest absolute Gasteiger partial charge is 0.101 e. The van der Waals surface area contributed by atoms with Crippen LogP contribution in [0.2, 0.25) is 0 Å². The van der Waals surface area contributed by atoms with Crippen LogP contribution in [-0.4, -0.2) is 0 Å². The monoisotopic (exact) mass is 257 g/mol. The molecule has 0 amide bonds. The normalized spacial score (nSPS) is 10.0. The zero-order valence-electron chi connectivity index (χ0n) is 10.2. The molecule has 1 aromatic heterocycles. The molecule has 0 spiro atoms. The van der Waals surface area contributed by atoms with E-state index in [0.717, 1.165) is 18.7 Å². The number of anilines is 2. The fraction of sp³-hybridized carbons (Fsp3) is 0.214. The summed E-state index contributed by atoms with van der Waals surface area (Å²) in [5.41, 5.74) is 9.14. The number of nitrogens with one attached hydrogen (secondary N) is 1. The van der Waals surface area contributed by atoms with E-state index in [0.29, 0.717) is 11.3 Å². The lowest BCUT2D eigenvalue weighted by molar-refractivity contribution is 1.08. The number of aryl methyl sites for hydroxylation is 1. The van der Waals surface area contributed by atoms with Gasteiger partial charge in [-0.2, -0.15) is 5.26 Å². The van der Waals surface area contributed by atoms with Gasteiger partial charge in [-0.05, 0) is 41.6 Å². The molecule has 0 saturated heterocycles. The standard InChI is InChI=1S/C14H15N3S/c1-2-10-5-6-18-14(10)9-17-12-4-3-11(8-15)13(16)7-12/h3-7,17H,2,9,16H2,1H3. The number of thiophene rings is 1. The zero-order chi connectivity index (χ0) is 13.0. The first-order valence-electron chi connectivity index (χ1n) is 5.83. The molecule has 0 aliphatic carbocycles. The van der Waals surface area contributed by atoms with Crippen LogP contribution in [0.25, 0.3) is 0 Å². The van der Waals surface area contributed by atoms with Crippen LogP contribution in [0.3, 0.4) is 0 Å². The first-order chi connectivity index (χ1) is 8.74. The molecule has 1 aromatic carbocycles. The summed E-state index contributed by atoms with van der Waals surface area (Å²) in [4.78, 5) is 1.35. The van der Waals surface area contributed by atoms with E-state index < -0.39 is 0 Å². The van der Waals surface area contributed by atoms with Gasteiger partial charge in [0.2, 0.25) is 0 Å². The van der Waals surface area contributed by atoms with Gasteiger partial charge in [-0.25, -0.2) is 0 Å². The lowest BCUT2D eigenvalue weighted by Gasteiger charge is -2.08. The van der Waals surface area contributed by atoms with Crippen LogP contribution in [0, 0.1) is 11.3 Å². The third kappa shape index (κ3) is 2.63. The SMILES string of the molecule is CCc1ccsc1CNc1ccc(C#N)c(N)c1. The summed E-state index contributed by atoms with van der Waals surface area (Å²) >= 11 is 1.76. The van der Waals surface area contributed by atoms with Crippen molar-refractivity contribution in [2.24, 2.45) is 0 Å². The largest absolute Gasteiger partial charge is 0.398 e. The van der Waals surface area contributed by atoms with Crippen molar-refractivity contribution in [3.05, 3.63) is 45.6 Å². The molecule has 0 bridgehead atoms. The molecule has 3 nitrogen and oxygen atoms in total. The second-order valence-electron chi connectivity index (χ2n) is 3.99. The molecule has 0 saturated carbocycles. The Bertz CT molecular complexity index is 581. The second kappa shape index (κ2) is 5.56. The minimum atomic E-state index is 0.518. The van der Waals surface area contributed by atoms with Gasteiger partial charge in [-0.15, -0.1) is 11.3 Å². The van der Waals surface area contributed by atoms with E-state index in [1.165, 1.54) is 10.4 Å². The fourth-order valence-corrected chi connectivity index (χ4v) is 2.71. The first kappa shape index (κ1) is 12.5. The maximum atomic E-state index is 8.81. The van der Waals surface area contributed by atoms with E-state index in [2.05, 4.69) is 29.8 Å². The number of hydrogen-bond acceptors (Lipinski definition) is 4. The number of benzene rings is 1. The Morgan fingerprint density at radius 2 is 2.22 bits per heavy atom. The molecular weight excluding hydrogens is 242 g/mol. The highest BCUT2D eigenvalue weighted by atomic mass is 32.1. The van der Waals surface area contributed by atoms with Gasteiger partial charge in [-0.3, -0.25) is 0 Å². The lowest BCUT2D eigenvalue weighted by atomic mass is 10.1. The van der Waals surface area contributed by atoms with Gasteiger partial charge < -0.3 is 11.1 Å². The van der Waals surface area contributed by atoms with Gasteiger partial charge >= 0.3 is 0 Å². The molecule has 1 heterocycles. The third-order valence-electron chi connectivity index (χ3n) is 2.84. The number of nitriles is 1. The summed E-state index contributed by atoms with van der Waals surface area (Å²) in [5, 5.41) is 14.3. The summed E-state index contributed by atoms with van der Waals surface area (Å²) < 4.78 is 0. The molecule has 0 radical (unpaired) electrons. The fourth-order valence-electron chi connectivity index (χ4n) is 1.79. The predicted molar refractivity (Wildman–Crippen MR) is 76.6 cm³/mol. The van der Waals surface area contributed by atoms with E-state index in [1.807, 2.05) is 6.07 Å². The Labute approximate surface area is 111 Å². The van der Waals surface area contributed by atoms with Crippen molar-refractivity contribution in [3.63, 3.8) is 0 Å². The van der Waals surface area contributed by atoms with E-state index in [1.54, 1.807) is 23.5 Å². The highest BCUT2D eigenvalue weighted by molar-refractivity contribution is 7.10. The molecular formula is C14H15N3S. The molecule has 92 valence electrons. The van der Waals surface area contributed by atoms with Crippen molar-refractivity contribution < 1.29 is 0 Å². The van der Waals surface area contributed by atoms with Crippen molar-refractivity contribution in [1.82, 2.24) is 0 Å². The molecule has 2 rings (SSSR count). The van der Waals surface area contributed by atoms with Crippen molar-refractivity contribution in [2.75, 3.05) is 11.1 Å². The van der Waals surface area contributed by atoms with Crippen LogP contribution in [0.5, 0.6) is 0 Å². The molecule has 0 aliphatic rings. The van der Waals surface area contributed by atoms with E-state index in [9.17, 15) is 0 Å². The average molecular weight is 257 g/mol. The van der Waals surface area contributed by atoms with Gasteiger partial charge in [0, 0.05) is 17.1 Å². The van der Waals surface area contributed by atoms with Crippen molar-refractivity contribution in [1.29, 1.82) is 5.26 Å². The van der Waals surface area contributed by atoms with Crippen LogP contribution < -0.4 is 11.1 Å². The van der Waals surface area contributed by atoms with Crippen molar-refractivity contribution in [2.45, 2.75) is 19.9 Å². The number of rotatable bonds is 4. The summed E-state index contributed by atoms with van der Waals surface area (Å²) in [6.45, 7) is 2.96. The number of nitrogens with two attached hydrogens (primary N) is 1. The highest BCUT2D eigenvalue weighted by Crippen LogP contribution is 2.21. The minimum absolute atomic E-state index is 0.518. The molecule has 0 aliphatic heterocycles. The maximum Gasteiger partial charge on any atom is 0.101 e. The van der Waals surface area contributed by atoms with Crippen LogP contribution in [0.1, 0.15) is 22.9 Å². The van der Waals surface area contributed by atoms with Gasteiger partial charge in [0.05, 0.1) is 11.3 Å². The summed E-state index contributed by atoms with van der Waals surface area (Å²) in [6, 6.07) is 9.65. The van der Waals surface area contributed by atoms with Crippen LogP contribution in [0.4, 0.5) is 11.4 Å². The van der Waals surface area contributed by atoms with Crippen molar-refractivity contribution >= 4 is 22.7 Å². The summed E-state index contributed by atoms with van der Waals surface area (Å²) in [6.07, 6.45) is 1.05. The second-order valence-corrected chi connectivity index (χ2v) is 4.99. The van der Waals surface area contributed by atoms with E-state index in [4.69, 9.17) is 11.0 Å². The number of hydrogen-bond donors (Lipinski definition) is 2. The maximum absolute atomic E-state index is 8.81. The van der Waals surface area contributed by atoms with Gasteiger partial charge in [0.1, 0.15) is 6.07 Å². The molecule has 0 fully saturated rings. The topological polar surface area (TPSA) is 61.8 Å². The Morgan fingerprint density at radius 3 is 2.89 bits per heavy atom. The van der Waals surface area contributed by atoms with Gasteiger partial charge in [0.15, 0.2) is 0 Å². The Hall–Kier alpha value is -1.99. The molecule has 0 unspecified atom stereocenters. The average Bonchev–Trinajstić information content (AvgIpc) is 2.84. The predicted octanol–water partition coefficient (Wildman–Crippen LogP) is 3.38. The van der Waals surface area contributed by atoms with Crippen LogP contribution in [0.15, 0.2) is 29.6 Å². The zero-order valence-corrected chi connectivity index (χ0v) is 11.1. The number of nitrogen functional groups attached to an aromatic ring is 1. The van der Waals surface area contributed by atoms with Gasteiger partial charge in [-0.1, -0.05) is 6.92 Å². The summed E-state index contributed by atoms with van der Waals surface area (Å²) in [5.74, 6) is 0. The van der Waals surface area contributed by atoms with E-state index in [-0.39, 0.29) is 0 Å². The lowest BCUT2D eigenvalue weighted by Crippen LogP contribution is -2.01. The molecule has 0 atom stereocenters. The summed E-state index contributed by atoms with van der Waals surface area (Å²) in [7, 11) is 0. The Balaban J connectivity index is 2.07. The molecule has 2 aromatic rings. The molecule has 4 heteroatoms. The third-order valence-corrected chi connectivity index (χ3v) is 3.81. The molecule has 18 heavy (non-hydrogen) atoms. The van der Waals surface area contributed by atoms with E-state index >= 15 is 0 Å². The highest BCUT2D eigenvalue weighted by Gasteiger charge is 2.03. The Kier molecular flexibility index (Phi) is 3.85. The molecule has 3 N–H and O–H groups in total. The Morgan fingerprint density at radius 1 is 1.39 bits per heavy atom. The first-order valence-corrected chi connectivity index (χ1v) is 6.71. The van der Waals surface area contributed by atoms with Crippen molar-refractivity contribution in [3.8, 4) is 6.07 Å². The van der Waals surface area contributed by atoms with Crippen LogP contribution in [-0.2, 0) is 13.0 Å². The van der Waals surface area contributed by atoms with Crippen LogP contribution >= 0.6 is 11.3 Å². The number of nitrogens with zero attached hydrogens (tertiary/aromatic N) is 1. The minimum Gasteiger partial charge on any atom is -0.398 e. The van der Waals surface area contributed by atoms with Gasteiger partial charge in [0.25, 0.3) is 0 Å². The quantitative estimate of drug-likeness (QED) is 0.825.